The van der Waals surface area contributed by atoms with Crippen LogP contribution in [0.5, 0.6) is 0 Å². The zero-order chi connectivity index (χ0) is 9.82. The van der Waals surface area contributed by atoms with E-state index in [1.807, 2.05) is 0 Å². The molecule has 0 amide bonds. The Morgan fingerprint density at radius 2 is 2.00 bits per heavy atom. The SMILES string of the molecule is CCCC.N#CCCO[PH](=O)O. The van der Waals surface area contributed by atoms with Gasteiger partial charge in [0.15, 0.2) is 0 Å². The molecule has 0 aromatic rings. The summed E-state index contributed by atoms with van der Waals surface area (Å²) < 4.78 is 13.9. The van der Waals surface area contributed by atoms with E-state index in [4.69, 9.17) is 10.2 Å². The average molecular weight is 193 g/mol. The third kappa shape index (κ3) is 22.6. The smallest absolute Gasteiger partial charge is 0.316 e. The van der Waals surface area contributed by atoms with Crippen LogP contribution < -0.4 is 0 Å². The van der Waals surface area contributed by atoms with Crippen LogP contribution in [0.15, 0.2) is 0 Å². The first-order chi connectivity index (χ1) is 5.68. The van der Waals surface area contributed by atoms with Gasteiger partial charge in [0, 0.05) is 0 Å². The van der Waals surface area contributed by atoms with E-state index in [-0.39, 0.29) is 13.0 Å². The van der Waals surface area contributed by atoms with Gasteiger partial charge in [0.1, 0.15) is 0 Å². The summed E-state index contributed by atoms with van der Waals surface area (Å²) in [5.41, 5.74) is 0. The van der Waals surface area contributed by atoms with Crippen molar-refractivity contribution in [1.82, 2.24) is 0 Å². The molecule has 0 aliphatic heterocycles. The lowest BCUT2D eigenvalue weighted by atomic mass is 10.4. The van der Waals surface area contributed by atoms with Crippen molar-refractivity contribution < 1.29 is 14.0 Å². The lowest BCUT2D eigenvalue weighted by Gasteiger charge is -1.90. The summed E-state index contributed by atoms with van der Waals surface area (Å²) >= 11 is 0. The maximum Gasteiger partial charge on any atom is 0.316 e. The molecule has 12 heavy (non-hydrogen) atoms. The first-order valence-corrected chi connectivity index (χ1v) is 5.18. The van der Waals surface area contributed by atoms with E-state index in [0.29, 0.717) is 0 Å². The van der Waals surface area contributed by atoms with E-state index in [1.54, 1.807) is 6.07 Å². The van der Waals surface area contributed by atoms with Crippen molar-refractivity contribution in [3.8, 4) is 6.07 Å². The quantitative estimate of drug-likeness (QED) is 0.548. The average Bonchev–Trinajstić information content (AvgIpc) is 2.05. The van der Waals surface area contributed by atoms with E-state index in [1.165, 1.54) is 12.8 Å². The second-order valence-corrected chi connectivity index (χ2v) is 2.84. The predicted octanol–water partition coefficient (Wildman–Crippen LogP) is 2.11. The van der Waals surface area contributed by atoms with Crippen LogP contribution in [0.2, 0.25) is 0 Å². The van der Waals surface area contributed by atoms with E-state index in [9.17, 15) is 4.57 Å². The van der Waals surface area contributed by atoms with Gasteiger partial charge in [0.25, 0.3) is 0 Å². The normalized spacial score (nSPS) is 10.8. The maximum atomic E-state index is 9.73. The molecule has 0 rings (SSSR count). The van der Waals surface area contributed by atoms with Gasteiger partial charge in [-0.3, -0.25) is 4.57 Å². The van der Waals surface area contributed by atoms with Crippen molar-refractivity contribution in [2.75, 3.05) is 6.61 Å². The minimum atomic E-state index is -2.81. The van der Waals surface area contributed by atoms with Crippen molar-refractivity contribution in [3.63, 3.8) is 0 Å². The van der Waals surface area contributed by atoms with Crippen LogP contribution in [0.25, 0.3) is 0 Å². The standard InChI is InChI=1S/C4H10.C3H6NO3P/c1-3-4-2;4-2-1-3-7-8(5)6/h3-4H2,1-2H3;8H,1,3H2,(H,5,6). The van der Waals surface area contributed by atoms with Gasteiger partial charge >= 0.3 is 8.25 Å². The van der Waals surface area contributed by atoms with E-state index in [0.717, 1.165) is 0 Å². The number of hydrogen-bond donors (Lipinski definition) is 1. The van der Waals surface area contributed by atoms with Gasteiger partial charge in [-0.25, -0.2) is 0 Å². The van der Waals surface area contributed by atoms with Crippen LogP contribution in [-0.4, -0.2) is 11.5 Å². The van der Waals surface area contributed by atoms with Gasteiger partial charge in [-0.2, -0.15) is 5.26 Å². The molecule has 72 valence electrons. The number of hydrogen-bond acceptors (Lipinski definition) is 3. The Balaban J connectivity index is 0. The van der Waals surface area contributed by atoms with E-state index >= 15 is 0 Å². The van der Waals surface area contributed by atoms with Crippen LogP contribution >= 0.6 is 8.25 Å². The van der Waals surface area contributed by atoms with Crippen molar-refractivity contribution in [3.05, 3.63) is 0 Å². The number of unbranched alkanes of at least 4 members (excludes halogenated alkanes) is 1. The van der Waals surface area contributed by atoms with Gasteiger partial charge in [-0.15, -0.1) is 0 Å². The Bertz CT molecular complexity index is 142. The van der Waals surface area contributed by atoms with Gasteiger partial charge in [0.05, 0.1) is 19.1 Å². The molecule has 0 saturated carbocycles. The molecule has 0 saturated heterocycles. The zero-order valence-electron chi connectivity index (χ0n) is 7.54. The molecule has 0 aliphatic rings. The number of rotatable bonds is 4. The fraction of sp³-hybridized carbons (Fsp3) is 0.857. The summed E-state index contributed by atoms with van der Waals surface area (Å²) in [6, 6.07) is 1.76. The molecule has 5 heteroatoms. The molecule has 0 spiro atoms. The van der Waals surface area contributed by atoms with E-state index < -0.39 is 8.25 Å². The lowest BCUT2D eigenvalue weighted by Crippen LogP contribution is -1.81. The third-order valence-electron chi connectivity index (χ3n) is 0.939. The van der Waals surface area contributed by atoms with Crippen LogP contribution in [0.1, 0.15) is 33.1 Å². The molecule has 0 fully saturated rings. The number of nitriles is 1. The zero-order valence-corrected chi connectivity index (χ0v) is 8.54. The minimum absolute atomic E-state index is 0.0464. The topological polar surface area (TPSA) is 70.3 Å². The minimum Gasteiger partial charge on any atom is -0.326 e. The molecule has 1 unspecified atom stereocenters. The van der Waals surface area contributed by atoms with Crippen LogP contribution in [-0.2, 0) is 9.09 Å². The molecule has 0 radical (unpaired) electrons. The fourth-order valence-corrected chi connectivity index (χ4v) is 0.461. The van der Waals surface area contributed by atoms with Crippen LogP contribution in [0.3, 0.4) is 0 Å². The molecule has 0 aromatic heterocycles. The highest BCUT2D eigenvalue weighted by Gasteiger charge is 1.88. The Kier molecular flexibility index (Phi) is 15.7. The predicted molar refractivity (Wildman–Crippen MR) is 48.0 cm³/mol. The molecule has 0 heterocycles. The van der Waals surface area contributed by atoms with Gasteiger partial charge in [-0.1, -0.05) is 26.7 Å². The largest absolute Gasteiger partial charge is 0.326 e. The molecular formula is C7H16NO3P. The summed E-state index contributed by atoms with van der Waals surface area (Å²) in [6.07, 6.45) is 2.80. The Morgan fingerprint density at radius 1 is 1.50 bits per heavy atom. The van der Waals surface area contributed by atoms with Crippen molar-refractivity contribution in [2.45, 2.75) is 33.1 Å². The second kappa shape index (κ2) is 13.2. The summed E-state index contributed by atoms with van der Waals surface area (Å²) in [7, 11) is -2.81. The highest BCUT2D eigenvalue weighted by Crippen LogP contribution is 2.13. The molecule has 1 atom stereocenters. The maximum absolute atomic E-state index is 9.73. The highest BCUT2D eigenvalue weighted by molar-refractivity contribution is 7.32. The first-order valence-electron chi connectivity index (χ1n) is 3.91. The summed E-state index contributed by atoms with van der Waals surface area (Å²) in [5.74, 6) is 0. The number of nitrogens with zero attached hydrogens (tertiary/aromatic N) is 1. The Morgan fingerprint density at radius 3 is 2.25 bits per heavy atom. The summed E-state index contributed by atoms with van der Waals surface area (Å²) in [6.45, 7) is 4.41. The molecule has 0 aromatic carbocycles. The van der Waals surface area contributed by atoms with Crippen LogP contribution in [0, 0.1) is 11.3 Å². The second-order valence-electron chi connectivity index (χ2n) is 2.02. The molecule has 1 N–H and O–H groups in total. The summed E-state index contributed by atoms with van der Waals surface area (Å²) in [4.78, 5) is 7.99. The van der Waals surface area contributed by atoms with Gasteiger partial charge < -0.3 is 9.42 Å². The fourth-order valence-electron chi connectivity index (χ4n) is 0.184. The lowest BCUT2D eigenvalue weighted by molar-refractivity contribution is 0.288. The van der Waals surface area contributed by atoms with Gasteiger partial charge in [-0.05, 0) is 0 Å². The first kappa shape index (κ1) is 14.2. The molecule has 0 aliphatic carbocycles. The summed E-state index contributed by atoms with van der Waals surface area (Å²) in [5, 5.41) is 7.88. The van der Waals surface area contributed by atoms with Crippen LogP contribution in [0.4, 0.5) is 0 Å². The van der Waals surface area contributed by atoms with Crippen molar-refractivity contribution >= 4 is 8.25 Å². The van der Waals surface area contributed by atoms with E-state index in [2.05, 4.69) is 18.4 Å². The Hall–Kier alpha value is -0.360. The highest BCUT2D eigenvalue weighted by atomic mass is 31.1. The van der Waals surface area contributed by atoms with Gasteiger partial charge in [0.2, 0.25) is 0 Å². The monoisotopic (exact) mass is 193 g/mol. The molecule has 4 nitrogen and oxygen atoms in total. The Labute approximate surface area is 74.1 Å². The van der Waals surface area contributed by atoms with Crippen molar-refractivity contribution in [1.29, 1.82) is 5.26 Å². The third-order valence-corrected chi connectivity index (χ3v) is 1.39. The molecular weight excluding hydrogens is 177 g/mol. The molecule has 0 bridgehead atoms. The van der Waals surface area contributed by atoms with Crippen molar-refractivity contribution in [2.24, 2.45) is 0 Å².